The van der Waals surface area contributed by atoms with Crippen molar-refractivity contribution in [2.75, 3.05) is 0 Å². The molecule has 0 radical (unpaired) electrons. The molecule has 5 heteroatoms. The largest absolute Gasteiger partial charge is 0.573 e. The first kappa shape index (κ1) is 16.1. The Hall–Kier alpha value is -1.23. The van der Waals surface area contributed by atoms with Crippen LogP contribution < -0.4 is 10.5 Å². The Morgan fingerprint density at radius 3 is 2.48 bits per heavy atom. The van der Waals surface area contributed by atoms with Crippen LogP contribution in [0.1, 0.15) is 44.6 Å². The first-order chi connectivity index (χ1) is 9.76. The summed E-state index contributed by atoms with van der Waals surface area (Å²) in [4.78, 5) is 0. The predicted octanol–water partition coefficient (Wildman–Crippen LogP) is 4.43. The van der Waals surface area contributed by atoms with Crippen LogP contribution in [0, 0.1) is 5.92 Å². The van der Waals surface area contributed by atoms with E-state index in [1.165, 1.54) is 18.6 Å². The normalized spacial score (nSPS) is 27.2. The number of ether oxygens (including phenoxy) is 1. The SMILES string of the molecule is CC1CCCC(N)(Cc2ccc(OC(F)(F)F)cc2)CC1. The molecule has 1 aromatic rings. The molecule has 0 aromatic heterocycles. The van der Waals surface area contributed by atoms with Crippen molar-refractivity contribution in [3.05, 3.63) is 29.8 Å². The van der Waals surface area contributed by atoms with Gasteiger partial charge in [0.2, 0.25) is 0 Å². The van der Waals surface area contributed by atoms with Crippen molar-refractivity contribution >= 4 is 0 Å². The third-order valence-electron chi connectivity index (χ3n) is 4.22. The van der Waals surface area contributed by atoms with Crippen LogP contribution in [0.4, 0.5) is 13.2 Å². The van der Waals surface area contributed by atoms with Gasteiger partial charge in [0, 0.05) is 5.54 Å². The fourth-order valence-corrected chi connectivity index (χ4v) is 3.00. The van der Waals surface area contributed by atoms with Crippen molar-refractivity contribution in [3.8, 4) is 5.75 Å². The Balaban J connectivity index is 1.99. The fraction of sp³-hybridized carbons (Fsp3) is 0.625. The summed E-state index contributed by atoms with van der Waals surface area (Å²) in [5, 5.41) is 0. The standard InChI is InChI=1S/C16H22F3NO/c1-12-3-2-9-15(20,10-8-12)11-13-4-6-14(7-5-13)21-16(17,18)19/h4-7,12H,2-3,8-11,20H2,1H3. The van der Waals surface area contributed by atoms with Gasteiger partial charge in [-0.3, -0.25) is 0 Å². The molecule has 2 nitrogen and oxygen atoms in total. The molecule has 2 atom stereocenters. The lowest BCUT2D eigenvalue weighted by atomic mass is 9.84. The number of benzene rings is 1. The van der Waals surface area contributed by atoms with Gasteiger partial charge in [0.1, 0.15) is 5.75 Å². The molecule has 0 heterocycles. The highest BCUT2D eigenvalue weighted by molar-refractivity contribution is 5.28. The number of halogens is 3. The maximum absolute atomic E-state index is 12.1. The number of nitrogens with two attached hydrogens (primary N) is 1. The molecule has 0 amide bonds. The number of rotatable bonds is 3. The third-order valence-corrected chi connectivity index (χ3v) is 4.22. The minimum Gasteiger partial charge on any atom is -0.406 e. The quantitative estimate of drug-likeness (QED) is 0.838. The maximum Gasteiger partial charge on any atom is 0.573 e. The van der Waals surface area contributed by atoms with E-state index >= 15 is 0 Å². The molecule has 0 bridgehead atoms. The summed E-state index contributed by atoms with van der Waals surface area (Å²) in [6.45, 7) is 2.25. The fourth-order valence-electron chi connectivity index (χ4n) is 3.00. The van der Waals surface area contributed by atoms with Crippen molar-refractivity contribution in [3.63, 3.8) is 0 Å². The highest BCUT2D eigenvalue weighted by Crippen LogP contribution is 2.31. The first-order valence-electron chi connectivity index (χ1n) is 7.39. The number of hydrogen-bond donors (Lipinski definition) is 1. The summed E-state index contributed by atoms with van der Waals surface area (Å²) < 4.78 is 40.2. The maximum atomic E-state index is 12.1. The smallest absolute Gasteiger partial charge is 0.406 e. The van der Waals surface area contributed by atoms with Crippen molar-refractivity contribution in [2.24, 2.45) is 11.7 Å². The van der Waals surface area contributed by atoms with Gasteiger partial charge in [-0.05, 0) is 49.3 Å². The Morgan fingerprint density at radius 1 is 1.19 bits per heavy atom. The second-order valence-corrected chi connectivity index (χ2v) is 6.27. The van der Waals surface area contributed by atoms with Crippen molar-refractivity contribution in [2.45, 2.75) is 57.3 Å². The van der Waals surface area contributed by atoms with Gasteiger partial charge in [0.05, 0.1) is 0 Å². The molecule has 1 aliphatic rings. The first-order valence-corrected chi connectivity index (χ1v) is 7.39. The Morgan fingerprint density at radius 2 is 1.86 bits per heavy atom. The van der Waals surface area contributed by atoms with Crippen molar-refractivity contribution < 1.29 is 17.9 Å². The van der Waals surface area contributed by atoms with E-state index in [2.05, 4.69) is 11.7 Å². The van der Waals surface area contributed by atoms with E-state index in [9.17, 15) is 13.2 Å². The molecule has 118 valence electrons. The highest BCUT2D eigenvalue weighted by atomic mass is 19.4. The van der Waals surface area contributed by atoms with Crippen LogP contribution in [-0.4, -0.2) is 11.9 Å². The Labute approximate surface area is 123 Å². The summed E-state index contributed by atoms with van der Waals surface area (Å²) in [5.74, 6) is 0.518. The van der Waals surface area contributed by atoms with Crippen LogP contribution in [0.5, 0.6) is 5.75 Å². The molecule has 1 fully saturated rings. The van der Waals surface area contributed by atoms with Gasteiger partial charge in [0.15, 0.2) is 0 Å². The van der Waals surface area contributed by atoms with E-state index < -0.39 is 6.36 Å². The lowest BCUT2D eigenvalue weighted by Gasteiger charge is -2.28. The molecular weight excluding hydrogens is 279 g/mol. The molecule has 2 unspecified atom stereocenters. The van der Waals surface area contributed by atoms with Gasteiger partial charge in [-0.25, -0.2) is 0 Å². The lowest BCUT2D eigenvalue weighted by Crippen LogP contribution is -2.41. The van der Waals surface area contributed by atoms with Crippen LogP contribution >= 0.6 is 0 Å². The predicted molar refractivity (Wildman–Crippen MR) is 76.0 cm³/mol. The van der Waals surface area contributed by atoms with E-state index in [1.54, 1.807) is 12.1 Å². The lowest BCUT2D eigenvalue weighted by molar-refractivity contribution is -0.274. The van der Waals surface area contributed by atoms with Gasteiger partial charge in [-0.2, -0.15) is 0 Å². The summed E-state index contributed by atoms with van der Waals surface area (Å²) in [7, 11) is 0. The molecule has 2 rings (SSSR count). The van der Waals surface area contributed by atoms with Gasteiger partial charge >= 0.3 is 6.36 Å². The van der Waals surface area contributed by atoms with Crippen LogP contribution in [0.3, 0.4) is 0 Å². The Kier molecular flexibility index (Phi) is 4.81. The van der Waals surface area contributed by atoms with Crippen LogP contribution in [0.25, 0.3) is 0 Å². The van der Waals surface area contributed by atoms with E-state index in [-0.39, 0.29) is 11.3 Å². The van der Waals surface area contributed by atoms with E-state index in [1.807, 2.05) is 0 Å². The summed E-state index contributed by atoms with van der Waals surface area (Å²) in [6, 6.07) is 6.05. The molecule has 21 heavy (non-hydrogen) atoms. The molecular formula is C16H22F3NO. The molecule has 0 spiro atoms. The van der Waals surface area contributed by atoms with Crippen molar-refractivity contribution in [1.29, 1.82) is 0 Å². The van der Waals surface area contributed by atoms with Gasteiger partial charge in [-0.1, -0.05) is 31.9 Å². The number of alkyl halides is 3. The minimum absolute atomic E-state index is 0.188. The average molecular weight is 301 g/mol. The number of hydrogen-bond acceptors (Lipinski definition) is 2. The summed E-state index contributed by atoms with van der Waals surface area (Å²) in [5.41, 5.74) is 7.20. The zero-order valence-corrected chi connectivity index (χ0v) is 12.2. The molecule has 0 saturated heterocycles. The molecule has 1 aromatic carbocycles. The van der Waals surface area contributed by atoms with Crippen LogP contribution in [-0.2, 0) is 6.42 Å². The summed E-state index contributed by atoms with van der Waals surface area (Å²) in [6.07, 6.45) is 1.43. The molecule has 1 aliphatic carbocycles. The van der Waals surface area contributed by atoms with Gasteiger partial charge in [-0.15, -0.1) is 13.2 Å². The zero-order chi connectivity index (χ0) is 15.5. The molecule has 1 saturated carbocycles. The van der Waals surface area contributed by atoms with E-state index in [0.29, 0.717) is 12.3 Å². The Bertz CT molecular complexity index is 458. The topological polar surface area (TPSA) is 35.2 Å². The monoisotopic (exact) mass is 301 g/mol. The summed E-state index contributed by atoms with van der Waals surface area (Å²) >= 11 is 0. The van der Waals surface area contributed by atoms with Crippen LogP contribution in [0.15, 0.2) is 24.3 Å². The average Bonchev–Trinajstić information content (AvgIpc) is 2.53. The second-order valence-electron chi connectivity index (χ2n) is 6.27. The minimum atomic E-state index is -4.64. The zero-order valence-electron chi connectivity index (χ0n) is 12.2. The molecule has 2 N–H and O–H groups in total. The van der Waals surface area contributed by atoms with E-state index in [0.717, 1.165) is 31.2 Å². The van der Waals surface area contributed by atoms with E-state index in [4.69, 9.17) is 5.73 Å². The van der Waals surface area contributed by atoms with Crippen molar-refractivity contribution in [1.82, 2.24) is 0 Å². The second kappa shape index (κ2) is 6.26. The third kappa shape index (κ3) is 5.23. The van der Waals surface area contributed by atoms with Crippen LogP contribution in [0.2, 0.25) is 0 Å². The molecule has 0 aliphatic heterocycles. The highest BCUT2D eigenvalue weighted by Gasteiger charge is 2.31. The van der Waals surface area contributed by atoms with Gasteiger partial charge in [0.25, 0.3) is 0 Å². The van der Waals surface area contributed by atoms with Gasteiger partial charge < -0.3 is 10.5 Å².